The Morgan fingerprint density at radius 3 is 1.37 bits per heavy atom. The molecule has 0 radical (unpaired) electrons. The van der Waals surface area contributed by atoms with Crippen molar-refractivity contribution in [2.24, 2.45) is 28.1 Å². The topological polar surface area (TPSA) is 87.3 Å². The Morgan fingerprint density at radius 1 is 0.657 bits per heavy atom. The van der Waals surface area contributed by atoms with Crippen LogP contribution in [0.4, 0.5) is 17.1 Å². The zero-order chi connectivity index (χ0) is 26.6. The molecule has 196 valence electrons. The van der Waals surface area contributed by atoms with E-state index in [-0.39, 0.29) is 39.9 Å². The van der Waals surface area contributed by atoms with Crippen LogP contribution in [0, 0.1) is 28.1 Å². The average molecular weight is 486 g/mol. The molecule has 35 heavy (non-hydrogen) atoms. The molecule has 0 unspecified atom stereocenters. The van der Waals surface area contributed by atoms with Gasteiger partial charge in [-0.2, -0.15) is 0 Å². The van der Waals surface area contributed by atoms with Crippen molar-refractivity contribution in [2.45, 2.75) is 101 Å². The summed E-state index contributed by atoms with van der Waals surface area (Å²) in [4.78, 5) is 38.2. The van der Waals surface area contributed by atoms with Crippen LogP contribution in [-0.2, 0) is 14.4 Å². The van der Waals surface area contributed by atoms with Gasteiger partial charge in [0.1, 0.15) is 0 Å². The number of amides is 3. The van der Waals surface area contributed by atoms with Gasteiger partial charge in [0.25, 0.3) is 0 Å². The molecule has 0 aromatic heterocycles. The Kier molecular flexibility index (Phi) is 9.18. The van der Waals surface area contributed by atoms with Crippen molar-refractivity contribution in [1.29, 1.82) is 0 Å². The van der Waals surface area contributed by atoms with Crippen LogP contribution in [0.3, 0.4) is 0 Å². The smallest absolute Gasteiger partial charge is 0.227 e. The maximum absolute atomic E-state index is 13.1. The molecule has 6 heteroatoms. The molecule has 0 aliphatic heterocycles. The van der Waals surface area contributed by atoms with Crippen molar-refractivity contribution < 1.29 is 14.4 Å². The Hall–Kier alpha value is -2.37. The van der Waals surface area contributed by atoms with Crippen molar-refractivity contribution in [3.05, 3.63) is 18.2 Å². The summed E-state index contributed by atoms with van der Waals surface area (Å²) in [6.45, 7) is 18.9. The van der Waals surface area contributed by atoms with Gasteiger partial charge in [0.2, 0.25) is 17.7 Å². The van der Waals surface area contributed by atoms with E-state index in [0.717, 1.165) is 25.7 Å². The number of anilines is 3. The molecule has 0 bridgehead atoms. The second-order valence-electron chi connectivity index (χ2n) is 13.8. The third-order valence-corrected chi connectivity index (χ3v) is 6.47. The molecule has 0 atom stereocenters. The molecule has 0 spiro atoms. The van der Waals surface area contributed by atoms with Crippen molar-refractivity contribution in [2.75, 3.05) is 16.0 Å². The molecule has 2 rings (SSSR count). The molecular formula is C29H47N3O3. The molecule has 3 N–H and O–H groups in total. The van der Waals surface area contributed by atoms with E-state index in [1.54, 1.807) is 18.2 Å². The van der Waals surface area contributed by atoms with Crippen LogP contribution in [0.5, 0.6) is 0 Å². The van der Waals surface area contributed by atoms with E-state index < -0.39 is 0 Å². The summed E-state index contributed by atoms with van der Waals surface area (Å²) in [6, 6.07) is 5.27. The summed E-state index contributed by atoms with van der Waals surface area (Å²) in [7, 11) is 0. The van der Waals surface area contributed by atoms with E-state index in [9.17, 15) is 14.4 Å². The lowest BCUT2D eigenvalue weighted by Gasteiger charge is -2.36. The quantitative estimate of drug-likeness (QED) is 0.397. The highest BCUT2D eigenvalue weighted by molar-refractivity contribution is 5.98. The van der Waals surface area contributed by atoms with Crippen LogP contribution in [-0.4, -0.2) is 17.7 Å². The molecule has 1 aliphatic carbocycles. The summed E-state index contributed by atoms with van der Waals surface area (Å²) < 4.78 is 0. The number of hydrogen-bond donors (Lipinski definition) is 3. The highest BCUT2D eigenvalue weighted by atomic mass is 16.2. The van der Waals surface area contributed by atoms with Crippen LogP contribution in [0.15, 0.2) is 18.2 Å². The van der Waals surface area contributed by atoms with Crippen LogP contribution in [0.2, 0.25) is 0 Å². The van der Waals surface area contributed by atoms with Gasteiger partial charge in [-0.05, 0) is 66.0 Å². The second-order valence-corrected chi connectivity index (χ2v) is 13.8. The first-order valence-electron chi connectivity index (χ1n) is 13.0. The number of carbonyl (C=O) groups is 3. The van der Waals surface area contributed by atoms with Crippen LogP contribution in [0.1, 0.15) is 101 Å². The molecule has 1 aliphatic rings. The number of hydrogen-bond acceptors (Lipinski definition) is 3. The summed E-state index contributed by atoms with van der Waals surface area (Å²) >= 11 is 0. The first-order chi connectivity index (χ1) is 15.9. The number of rotatable bonds is 6. The summed E-state index contributed by atoms with van der Waals surface area (Å²) in [5.74, 6) is 0.411. The fraction of sp³-hybridized carbons (Fsp3) is 0.690. The fourth-order valence-corrected chi connectivity index (χ4v) is 4.68. The lowest BCUT2D eigenvalue weighted by atomic mass is 9.69. The van der Waals surface area contributed by atoms with Gasteiger partial charge in [-0.15, -0.1) is 0 Å². The van der Waals surface area contributed by atoms with Gasteiger partial charge < -0.3 is 16.0 Å². The van der Waals surface area contributed by atoms with Gasteiger partial charge in [0.05, 0.1) is 0 Å². The van der Waals surface area contributed by atoms with E-state index in [4.69, 9.17) is 0 Å². The van der Waals surface area contributed by atoms with E-state index >= 15 is 0 Å². The van der Waals surface area contributed by atoms with E-state index in [2.05, 4.69) is 36.7 Å². The van der Waals surface area contributed by atoms with Crippen molar-refractivity contribution >= 4 is 34.8 Å². The molecule has 1 aromatic carbocycles. The lowest BCUT2D eigenvalue weighted by Crippen LogP contribution is -2.31. The molecule has 1 aromatic rings. The molecule has 1 saturated carbocycles. The minimum atomic E-state index is -0.147. The van der Waals surface area contributed by atoms with Gasteiger partial charge >= 0.3 is 0 Å². The van der Waals surface area contributed by atoms with E-state index in [1.165, 1.54) is 0 Å². The predicted octanol–water partition coefficient (Wildman–Crippen LogP) is 7.23. The van der Waals surface area contributed by atoms with Crippen LogP contribution in [0.25, 0.3) is 0 Å². The number of carbonyl (C=O) groups excluding carboxylic acids is 3. The van der Waals surface area contributed by atoms with Gasteiger partial charge in [0.15, 0.2) is 0 Å². The van der Waals surface area contributed by atoms with Crippen molar-refractivity contribution in [3.8, 4) is 0 Å². The highest BCUT2D eigenvalue weighted by Crippen LogP contribution is 2.40. The molecule has 1 fully saturated rings. The Balaban J connectivity index is 2.17. The van der Waals surface area contributed by atoms with Gasteiger partial charge in [0, 0.05) is 35.8 Å². The standard InChI is InChI=1S/C29H47N3O3/c1-27(2,3)17-24(33)30-21-14-22(31-25(34)18-28(4,5)6)16-23(15-21)32-26(35)19-10-12-20(13-11-19)29(7,8)9/h14-16,19-20H,10-13,17-18H2,1-9H3,(H,30,33)(H,31,34)(H,32,35). The Labute approximate surface area is 212 Å². The Bertz CT molecular complexity index is 860. The maximum Gasteiger partial charge on any atom is 0.227 e. The average Bonchev–Trinajstić information content (AvgIpc) is 2.63. The largest absolute Gasteiger partial charge is 0.326 e. The third-order valence-electron chi connectivity index (χ3n) is 6.47. The van der Waals surface area contributed by atoms with Crippen LogP contribution >= 0.6 is 0 Å². The summed E-state index contributed by atoms with van der Waals surface area (Å²) in [6.07, 6.45) is 4.60. The third kappa shape index (κ3) is 10.4. The lowest BCUT2D eigenvalue weighted by molar-refractivity contribution is -0.121. The number of benzene rings is 1. The highest BCUT2D eigenvalue weighted by Gasteiger charge is 2.32. The van der Waals surface area contributed by atoms with E-state index in [0.29, 0.717) is 35.8 Å². The molecule has 0 heterocycles. The minimum Gasteiger partial charge on any atom is -0.326 e. The minimum absolute atomic E-state index is 0.00231. The van der Waals surface area contributed by atoms with Crippen molar-refractivity contribution in [1.82, 2.24) is 0 Å². The van der Waals surface area contributed by atoms with Crippen molar-refractivity contribution in [3.63, 3.8) is 0 Å². The zero-order valence-corrected chi connectivity index (χ0v) is 23.4. The van der Waals surface area contributed by atoms with Gasteiger partial charge in [-0.3, -0.25) is 14.4 Å². The first kappa shape index (κ1) is 28.9. The zero-order valence-electron chi connectivity index (χ0n) is 23.4. The Morgan fingerprint density at radius 2 is 1.03 bits per heavy atom. The van der Waals surface area contributed by atoms with Crippen LogP contribution < -0.4 is 16.0 Å². The molecule has 3 amide bonds. The van der Waals surface area contributed by atoms with E-state index in [1.807, 2.05) is 41.5 Å². The second kappa shape index (κ2) is 11.1. The maximum atomic E-state index is 13.1. The molecule has 6 nitrogen and oxygen atoms in total. The first-order valence-corrected chi connectivity index (χ1v) is 13.0. The normalized spacial score (nSPS) is 19.1. The summed E-state index contributed by atoms with van der Waals surface area (Å²) in [5, 5.41) is 8.92. The molecule has 0 saturated heterocycles. The summed E-state index contributed by atoms with van der Waals surface area (Å²) in [5.41, 5.74) is 1.66. The monoisotopic (exact) mass is 485 g/mol. The fourth-order valence-electron chi connectivity index (χ4n) is 4.68. The van der Waals surface area contributed by atoms with Gasteiger partial charge in [-0.1, -0.05) is 62.3 Å². The molecular weight excluding hydrogens is 438 g/mol. The SMILES string of the molecule is CC(C)(C)CC(=O)Nc1cc(NC(=O)CC(C)(C)C)cc(NC(=O)C2CCC(C(C)(C)C)CC2)c1. The predicted molar refractivity (Wildman–Crippen MR) is 145 cm³/mol. The van der Waals surface area contributed by atoms with Gasteiger partial charge in [-0.25, -0.2) is 0 Å². The number of nitrogens with one attached hydrogen (secondary N) is 3.